The monoisotopic (exact) mass is 276 g/mol. The van der Waals surface area contributed by atoms with E-state index in [1.54, 1.807) is 22.3 Å². The fourth-order valence-corrected chi connectivity index (χ4v) is 5.19. The molecule has 0 aromatic carbocycles. The van der Waals surface area contributed by atoms with Crippen LogP contribution in [-0.2, 0) is 0 Å². The third kappa shape index (κ3) is 1.41. The van der Waals surface area contributed by atoms with Gasteiger partial charge in [-0.25, -0.2) is 0 Å². The lowest BCUT2D eigenvalue weighted by atomic mass is 9.50. The molecule has 0 nitrogen and oxygen atoms in total. The van der Waals surface area contributed by atoms with Gasteiger partial charge in [-0.05, 0) is 66.5 Å². The fourth-order valence-electron chi connectivity index (χ4n) is 5.19. The van der Waals surface area contributed by atoms with Crippen LogP contribution in [0.1, 0.15) is 47.0 Å². The van der Waals surface area contributed by atoms with E-state index in [0.29, 0.717) is 0 Å². The van der Waals surface area contributed by atoms with Crippen LogP contribution in [0.15, 0.2) is 69.9 Å². The van der Waals surface area contributed by atoms with Crippen LogP contribution in [-0.4, -0.2) is 0 Å². The van der Waals surface area contributed by atoms with Crippen LogP contribution in [0.2, 0.25) is 0 Å². The molecule has 2 atom stereocenters. The number of allylic oxidation sites excluding steroid dienone is 12. The quantitative estimate of drug-likeness (QED) is 0.523. The highest BCUT2D eigenvalue weighted by Gasteiger charge is 2.53. The third-order valence-electron chi connectivity index (χ3n) is 6.28. The van der Waals surface area contributed by atoms with Gasteiger partial charge in [0, 0.05) is 10.8 Å². The molecule has 4 rings (SSSR count). The van der Waals surface area contributed by atoms with E-state index < -0.39 is 0 Å². The summed E-state index contributed by atoms with van der Waals surface area (Å²) in [5, 5.41) is 0. The Balaban J connectivity index is 2.13. The van der Waals surface area contributed by atoms with Crippen LogP contribution in [0.25, 0.3) is 0 Å². The van der Waals surface area contributed by atoms with Crippen molar-refractivity contribution in [3.8, 4) is 0 Å². The smallest absolute Gasteiger partial charge is 0.0241 e. The average Bonchev–Trinajstić information content (AvgIpc) is 2.87. The second-order valence-corrected chi connectivity index (χ2v) is 7.38. The van der Waals surface area contributed by atoms with E-state index in [1.165, 1.54) is 30.4 Å². The highest BCUT2D eigenvalue weighted by atomic mass is 14.6. The van der Waals surface area contributed by atoms with Crippen LogP contribution >= 0.6 is 0 Å². The van der Waals surface area contributed by atoms with Crippen molar-refractivity contribution in [1.29, 1.82) is 0 Å². The first-order valence-electron chi connectivity index (χ1n) is 8.20. The molecule has 1 saturated carbocycles. The Labute approximate surface area is 128 Å². The summed E-state index contributed by atoms with van der Waals surface area (Å²) < 4.78 is 0. The average molecular weight is 276 g/mol. The molecule has 0 heteroatoms. The molecular formula is C21H24. The summed E-state index contributed by atoms with van der Waals surface area (Å²) in [7, 11) is 0. The third-order valence-corrected chi connectivity index (χ3v) is 6.28. The maximum atomic E-state index is 2.44. The minimum absolute atomic E-state index is 0.0936. The van der Waals surface area contributed by atoms with Crippen LogP contribution in [0.5, 0.6) is 0 Å². The Morgan fingerprint density at radius 3 is 1.62 bits per heavy atom. The predicted octanol–water partition coefficient (Wildman–Crippen LogP) is 5.82. The predicted molar refractivity (Wildman–Crippen MR) is 89.9 cm³/mol. The van der Waals surface area contributed by atoms with Gasteiger partial charge >= 0.3 is 0 Å². The van der Waals surface area contributed by atoms with Crippen molar-refractivity contribution in [2.45, 2.75) is 47.0 Å². The largest absolute Gasteiger partial charge is 0.0730 e. The van der Waals surface area contributed by atoms with Gasteiger partial charge in [0.2, 0.25) is 0 Å². The summed E-state index contributed by atoms with van der Waals surface area (Å²) in [4.78, 5) is 0. The topological polar surface area (TPSA) is 0 Å². The zero-order chi connectivity index (χ0) is 14.8. The Bertz CT molecular complexity index is 655. The van der Waals surface area contributed by atoms with E-state index >= 15 is 0 Å². The van der Waals surface area contributed by atoms with Crippen molar-refractivity contribution >= 4 is 0 Å². The molecule has 2 unspecified atom stereocenters. The summed E-state index contributed by atoms with van der Waals surface area (Å²) in [5.41, 5.74) is 9.67. The Morgan fingerprint density at radius 1 is 0.762 bits per heavy atom. The number of fused-ring (bicyclic) bond motifs is 4. The Hall–Kier alpha value is -1.56. The first kappa shape index (κ1) is 13.1. The van der Waals surface area contributed by atoms with Gasteiger partial charge < -0.3 is 0 Å². The van der Waals surface area contributed by atoms with Crippen LogP contribution < -0.4 is 0 Å². The van der Waals surface area contributed by atoms with Crippen LogP contribution in [0.3, 0.4) is 0 Å². The van der Waals surface area contributed by atoms with Crippen molar-refractivity contribution in [2.24, 2.45) is 10.8 Å². The Morgan fingerprint density at radius 2 is 1.19 bits per heavy atom. The van der Waals surface area contributed by atoms with Crippen molar-refractivity contribution in [3.63, 3.8) is 0 Å². The van der Waals surface area contributed by atoms with Crippen molar-refractivity contribution in [1.82, 2.24) is 0 Å². The molecule has 0 spiro atoms. The molecule has 108 valence electrons. The molecule has 0 heterocycles. The van der Waals surface area contributed by atoms with Crippen molar-refractivity contribution in [3.05, 3.63) is 69.9 Å². The summed E-state index contributed by atoms with van der Waals surface area (Å²) in [5.74, 6) is 0. The molecule has 4 aliphatic rings. The van der Waals surface area contributed by atoms with E-state index in [0.717, 1.165) is 0 Å². The van der Waals surface area contributed by atoms with E-state index in [-0.39, 0.29) is 10.8 Å². The van der Waals surface area contributed by atoms with Gasteiger partial charge in [0.05, 0.1) is 0 Å². The molecule has 0 aliphatic heterocycles. The highest BCUT2D eigenvalue weighted by molar-refractivity contribution is 5.67. The standard InChI is InChI=1S/C21H24/c1-14-8-6-12-20(3)18(14)16-10-5-11-17(16)19-15(2)9-7-13-21(19,20)4/h6-9,12-13H,5,10-11H2,1-4H3. The highest BCUT2D eigenvalue weighted by Crippen LogP contribution is 2.64. The molecule has 0 N–H and O–H groups in total. The van der Waals surface area contributed by atoms with E-state index in [2.05, 4.69) is 64.2 Å². The summed E-state index contributed by atoms with van der Waals surface area (Å²) in [6, 6.07) is 0. The van der Waals surface area contributed by atoms with Crippen molar-refractivity contribution in [2.75, 3.05) is 0 Å². The molecule has 0 radical (unpaired) electrons. The molecule has 0 saturated heterocycles. The Kier molecular flexibility index (Phi) is 2.50. The van der Waals surface area contributed by atoms with Gasteiger partial charge in [-0.1, -0.05) is 50.3 Å². The zero-order valence-electron chi connectivity index (χ0n) is 13.6. The SMILES string of the molecule is CC1=CC=CC2(C)C1=C1CCCC1=C1C(C)=CC=CC12C. The maximum Gasteiger partial charge on any atom is 0.0241 e. The molecule has 21 heavy (non-hydrogen) atoms. The van der Waals surface area contributed by atoms with Gasteiger partial charge in [0.25, 0.3) is 0 Å². The fraction of sp³-hybridized carbons (Fsp3) is 0.429. The number of rotatable bonds is 0. The number of hydrogen-bond donors (Lipinski definition) is 0. The second-order valence-electron chi connectivity index (χ2n) is 7.38. The summed E-state index contributed by atoms with van der Waals surface area (Å²) in [6.45, 7) is 9.48. The van der Waals surface area contributed by atoms with Gasteiger partial charge in [0.1, 0.15) is 0 Å². The molecule has 0 aromatic heterocycles. The van der Waals surface area contributed by atoms with Crippen molar-refractivity contribution < 1.29 is 0 Å². The normalized spacial score (nSPS) is 37.1. The second kappa shape index (κ2) is 4.00. The van der Waals surface area contributed by atoms with E-state index in [1.807, 2.05) is 0 Å². The lowest BCUT2D eigenvalue weighted by Crippen LogP contribution is -2.43. The summed E-state index contributed by atoms with van der Waals surface area (Å²) >= 11 is 0. The van der Waals surface area contributed by atoms with Gasteiger partial charge in [-0.3, -0.25) is 0 Å². The summed E-state index contributed by atoms with van der Waals surface area (Å²) in [6.07, 6.45) is 17.9. The minimum atomic E-state index is 0.0936. The van der Waals surface area contributed by atoms with Crippen LogP contribution in [0.4, 0.5) is 0 Å². The molecule has 1 fully saturated rings. The van der Waals surface area contributed by atoms with Gasteiger partial charge in [-0.15, -0.1) is 0 Å². The molecule has 4 aliphatic carbocycles. The van der Waals surface area contributed by atoms with E-state index in [9.17, 15) is 0 Å². The van der Waals surface area contributed by atoms with Gasteiger partial charge in [0.15, 0.2) is 0 Å². The molecule has 0 amide bonds. The lowest BCUT2D eigenvalue weighted by Gasteiger charge is -2.53. The number of hydrogen-bond acceptors (Lipinski definition) is 0. The molecule has 0 aromatic rings. The zero-order valence-corrected chi connectivity index (χ0v) is 13.6. The first-order chi connectivity index (χ1) is 9.99. The minimum Gasteiger partial charge on any atom is -0.0730 e. The maximum absolute atomic E-state index is 2.44. The molecular weight excluding hydrogens is 252 g/mol. The molecule has 0 bridgehead atoms. The lowest BCUT2D eigenvalue weighted by molar-refractivity contribution is 0.270. The van der Waals surface area contributed by atoms with Gasteiger partial charge in [-0.2, -0.15) is 0 Å². The van der Waals surface area contributed by atoms with E-state index in [4.69, 9.17) is 0 Å². The van der Waals surface area contributed by atoms with Crippen LogP contribution in [0, 0.1) is 10.8 Å². The first-order valence-corrected chi connectivity index (χ1v) is 8.20.